The summed E-state index contributed by atoms with van der Waals surface area (Å²) >= 11 is 5.49. The molecule has 0 radical (unpaired) electrons. The summed E-state index contributed by atoms with van der Waals surface area (Å²) in [5.74, 6) is -0.728. The Morgan fingerprint density at radius 1 is 0.324 bits per heavy atom. The molecule has 0 fully saturated rings. The smallest absolute Gasteiger partial charge is 0.343 e. The van der Waals surface area contributed by atoms with Crippen molar-refractivity contribution in [2.24, 2.45) is 0 Å². The number of hydrogen-bond donors (Lipinski definition) is 0. The summed E-state index contributed by atoms with van der Waals surface area (Å²) < 4.78 is 46.4. The SMILES string of the molecule is COC(=O)COc1c2cc(C(C)(C)C)cc1Sc1cc(C(C)(C)C)cc(c1OCC(=O)OC)Sc1cc(C(C)(C)C)cc(c1OCC(=O)OC)Sc1cc(C(C)(C)C)cc(c1OCC(=O)OC)S2. The molecule has 0 saturated heterocycles. The highest BCUT2D eigenvalue weighted by atomic mass is 32.2. The van der Waals surface area contributed by atoms with Gasteiger partial charge in [-0.2, -0.15) is 0 Å². The van der Waals surface area contributed by atoms with Crippen molar-refractivity contribution >= 4 is 70.9 Å². The van der Waals surface area contributed by atoms with E-state index in [-0.39, 0.29) is 21.7 Å². The summed E-state index contributed by atoms with van der Waals surface area (Å²) in [6.45, 7) is 23.8. The average Bonchev–Trinajstić information content (AvgIpc) is 3.25. The van der Waals surface area contributed by atoms with E-state index in [2.05, 4.69) is 83.1 Å². The fourth-order valence-corrected chi connectivity index (χ4v) is 11.2. The molecule has 8 bridgehead atoms. The highest BCUT2D eigenvalue weighted by Gasteiger charge is 2.31. The van der Waals surface area contributed by atoms with E-state index in [0.717, 1.165) is 22.3 Å². The molecule has 368 valence electrons. The van der Waals surface area contributed by atoms with Crippen molar-refractivity contribution in [3.8, 4) is 23.0 Å². The van der Waals surface area contributed by atoms with Crippen LogP contribution in [0.3, 0.4) is 0 Å². The Hall–Kier alpha value is -4.64. The number of hydrogen-bond acceptors (Lipinski definition) is 16. The van der Waals surface area contributed by atoms with E-state index >= 15 is 0 Å². The standard InChI is InChI=1S/C52H64O12S4/c1-49(2,3)29-17-33-45(61-25-41(53)57-13)34(18-29)66-36-20-31(51(7,8)9)22-38(47(36)63-27-43(55)59-15)68-40-24-32(52(10,11)12)23-39(48(40)64-28-44(56)60-16)67-37-21-30(50(4,5)6)19-35(65-33)46(37)62-26-42(54)58-14/h17-24H,25-28H2,1-16H3. The third kappa shape index (κ3) is 13.8. The van der Waals surface area contributed by atoms with Crippen LogP contribution in [0.25, 0.3) is 0 Å². The van der Waals surface area contributed by atoms with Crippen LogP contribution in [-0.4, -0.2) is 78.7 Å². The lowest BCUT2D eigenvalue weighted by Crippen LogP contribution is -2.17. The second kappa shape index (κ2) is 22.0. The quantitative estimate of drug-likeness (QED) is 0.0863. The summed E-state index contributed by atoms with van der Waals surface area (Å²) in [7, 11) is 5.22. The molecular weight excluding hydrogens is 945 g/mol. The summed E-state index contributed by atoms with van der Waals surface area (Å²) in [4.78, 5) is 56.8. The van der Waals surface area contributed by atoms with Gasteiger partial charge in [0, 0.05) is 0 Å². The lowest BCUT2D eigenvalue weighted by atomic mass is 9.87. The van der Waals surface area contributed by atoms with E-state index in [1.807, 2.05) is 48.5 Å². The summed E-state index contributed by atoms with van der Waals surface area (Å²) in [6, 6.07) is 16.4. The molecule has 0 atom stereocenters. The average molecular weight is 1010 g/mol. The highest BCUT2D eigenvalue weighted by molar-refractivity contribution is 8.01. The first-order valence-corrected chi connectivity index (χ1v) is 25.2. The maximum Gasteiger partial charge on any atom is 0.343 e. The molecule has 16 heteroatoms. The van der Waals surface area contributed by atoms with Gasteiger partial charge in [-0.25, -0.2) is 19.2 Å². The fourth-order valence-electron chi connectivity index (χ4n) is 6.45. The zero-order chi connectivity index (χ0) is 50.5. The van der Waals surface area contributed by atoms with Gasteiger partial charge in [-0.3, -0.25) is 0 Å². The molecule has 0 amide bonds. The monoisotopic (exact) mass is 1010 g/mol. The van der Waals surface area contributed by atoms with E-state index in [0.29, 0.717) is 62.2 Å². The van der Waals surface area contributed by atoms with E-state index < -0.39 is 50.3 Å². The number of fused-ring (bicyclic) bond motifs is 8. The normalized spacial score (nSPS) is 12.9. The van der Waals surface area contributed by atoms with Crippen LogP contribution in [0.4, 0.5) is 0 Å². The third-order valence-corrected chi connectivity index (χ3v) is 14.9. The van der Waals surface area contributed by atoms with Crippen LogP contribution in [0.5, 0.6) is 23.0 Å². The van der Waals surface area contributed by atoms with Crippen LogP contribution < -0.4 is 18.9 Å². The van der Waals surface area contributed by atoms with Gasteiger partial charge in [-0.05, 0) is 92.4 Å². The largest absolute Gasteiger partial charge is 0.480 e. The molecule has 0 saturated carbocycles. The Morgan fingerprint density at radius 2 is 0.471 bits per heavy atom. The first kappa shape index (κ1) is 54.3. The van der Waals surface area contributed by atoms with E-state index in [4.69, 9.17) is 37.9 Å². The number of methoxy groups -OCH3 is 4. The zero-order valence-corrected chi connectivity index (χ0v) is 45.2. The van der Waals surface area contributed by atoms with Gasteiger partial charge in [-0.1, -0.05) is 130 Å². The van der Waals surface area contributed by atoms with Gasteiger partial charge in [0.15, 0.2) is 26.4 Å². The number of rotatable bonds is 12. The molecule has 68 heavy (non-hydrogen) atoms. The van der Waals surface area contributed by atoms with Gasteiger partial charge >= 0.3 is 23.9 Å². The summed E-state index contributed by atoms with van der Waals surface area (Å²) in [5.41, 5.74) is 2.34. The van der Waals surface area contributed by atoms with E-state index in [9.17, 15) is 19.2 Å². The number of carbonyl (C=O) groups is 4. The Morgan fingerprint density at radius 3 is 0.588 bits per heavy atom. The van der Waals surface area contributed by atoms with Gasteiger partial charge in [0.05, 0.1) is 67.6 Å². The minimum Gasteiger partial charge on any atom is -0.480 e. The molecule has 0 aliphatic carbocycles. The second-order valence-corrected chi connectivity index (χ2v) is 24.4. The Bertz CT molecular complexity index is 2100. The van der Waals surface area contributed by atoms with Crippen molar-refractivity contribution in [2.75, 3.05) is 54.9 Å². The molecular formula is C52H64O12S4. The molecule has 0 aromatic heterocycles. The highest BCUT2D eigenvalue weighted by Crippen LogP contribution is 2.56. The molecule has 0 unspecified atom stereocenters. The molecule has 0 spiro atoms. The first-order valence-electron chi connectivity index (χ1n) is 21.9. The Balaban J connectivity index is 2.05. The maximum atomic E-state index is 12.9. The van der Waals surface area contributed by atoms with Crippen LogP contribution >= 0.6 is 47.0 Å². The van der Waals surface area contributed by atoms with Gasteiger partial charge in [0.2, 0.25) is 0 Å². The predicted octanol–water partition coefficient (Wildman–Crippen LogP) is 12.0. The second-order valence-electron chi connectivity index (χ2n) is 20.1. The zero-order valence-electron chi connectivity index (χ0n) is 42.0. The molecule has 12 nitrogen and oxygen atoms in total. The van der Waals surface area contributed by atoms with Crippen LogP contribution in [0.1, 0.15) is 105 Å². The number of esters is 4. The minimum atomic E-state index is -0.578. The molecule has 5 rings (SSSR count). The Labute approximate surface area is 418 Å². The van der Waals surface area contributed by atoms with Gasteiger partial charge in [-0.15, -0.1) is 0 Å². The molecule has 1 aliphatic rings. The van der Waals surface area contributed by atoms with Crippen molar-refractivity contribution in [2.45, 2.75) is 144 Å². The molecule has 1 aliphatic heterocycles. The van der Waals surface area contributed by atoms with E-state index in [1.165, 1.54) is 75.5 Å². The van der Waals surface area contributed by atoms with Crippen molar-refractivity contribution in [3.63, 3.8) is 0 Å². The molecule has 0 N–H and O–H groups in total. The predicted molar refractivity (Wildman–Crippen MR) is 267 cm³/mol. The maximum absolute atomic E-state index is 12.9. The Kier molecular flexibility index (Phi) is 17.6. The van der Waals surface area contributed by atoms with Crippen LogP contribution in [0.15, 0.2) is 87.7 Å². The van der Waals surface area contributed by atoms with Crippen molar-refractivity contribution in [1.29, 1.82) is 0 Å². The van der Waals surface area contributed by atoms with E-state index in [1.54, 1.807) is 0 Å². The van der Waals surface area contributed by atoms with Crippen LogP contribution in [0, 0.1) is 0 Å². The topological polar surface area (TPSA) is 142 Å². The molecule has 1 heterocycles. The summed E-state index contributed by atoms with van der Waals surface area (Å²) in [5, 5.41) is 0. The van der Waals surface area contributed by atoms with Gasteiger partial charge in [0.25, 0.3) is 0 Å². The molecule has 4 aromatic rings. The van der Waals surface area contributed by atoms with Gasteiger partial charge in [0.1, 0.15) is 23.0 Å². The molecule has 4 aromatic carbocycles. The van der Waals surface area contributed by atoms with Gasteiger partial charge < -0.3 is 37.9 Å². The number of benzene rings is 4. The van der Waals surface area contributed by atoms with Crippen molar-refractivity contribution in [1.82, 2.24) is 0 Å². The van der Waals surface area contributed by atoms with Crippen molar-refractivity contribution in [3.05, 3.63) is 70.8 Å². The number of carbonyl (C=O) groups excluding carboxylic acids is 4. The lowest BCUT2D eigenvalue weighted by molar-refractivity contribution is -0.143. The number of ether oxygens (including phenoxy) is 8. The third-order valence-electron chi connectivity index (χ3n) is 10.7. The summed E-state index contributed by atoms with van der Waals surface area (Å²) in [6.07, 6.45) is 0. The lowest BCUT2D eigenvalue weighted by Gasteiger charge is -2.28. The van der Waals surface area contributed by atoms with Crippen molar-refractivity contribution < 1.29 is 57.1 Å². The fraction of sp³-hybridized carbons (Fsp3) is 0.462. The van der Waals surface area contributed by atoms with Crippen LogP contribution in [-0.2, 0) is 59.8 Å². The minimum absolute atomic E-state index is 0.378. The first-order chi connectivity index (χ1) is 31.7. The van der Waals surface area contributed by atoms with Crippen LogP contribution in [0.2, 0.25) is 0 Å².